The summed E-state index contributed by atoms with van der Waals surface area (Å²) in [6.45, 7) is 0.417. The van der Waals surface area contributed by atoms with Crippen LogP contribution in [-0.4, -0.2) is 35.4 Å². The second-order valence-electron chi connectivity index (χ2n) is 6.39. The van der Waals surface area contributed by atoms with Crippen molar-refractivity contribution in [2.75, 3.05) is 11.9 Å². The SMILES string of the molecule is O=C(Nc1n[nH]c2c1CN(S(=O)(=O)c1ccccc1)CC2)c1ccc(F)cc1. The maximum absolute atomic E-state index is 13.0. The summed E-state index contributed by atoms with van der Waals surface area (Å²) >= 11 is 0. The van der Waals surface area contributed by atoms with Crippen LogP contribution in [0.4, 0.5) is 10.2 Å². The van der Waals surface area contributed by atoms with Crippen LogP contribution in [0.25, 0.3) is 0 Å². The predicted octanol–water partition coefficient (Wildman–Crippen LogP) is 2.55. The summed E-state index contributed by atoms with van der Waals surface area (Å²) in [6, 6.07) is 13.3. The van der Waals surface area contributed by atoms with Crippen LogP contribution in [0, 0.1) is 5.82 Å². The minimum absolute atomic E-state index is 0.0993. The van der Waals surface area contributed by atoms with Gasteiger partial charge in [-0.2, -0.15) is 9.40 Å². The number of aromatic amines is 1. The van der Waals surface area contributed by atoms with E-state index in [9.17, 15) is 17.6 Å². The van der Waals surface area contributed by atoms with Crippen LogP contribution in [-0.2, 0) is 23.0 Å². The fourth-order valence-corrected chi connectivity index (χ4v) is 4.53. The standard InChI is InChI=1S/C19H17FN4O3S/c20-14-8-6-13(7-9-14)19(25)21-18-16-12-24(11-10-17(16)22-23-18)28(26,27)15-4-2-1-3-5-15/h1-9H,10-12H2,(H2,21,22,23,25). The molecule has 3 aromatic rings. The van der Waals surface area contributed by atoms with Crippen molar-refractivity contribution >= 4 is 21.7 Å². The Morgan fingerprint density at radius 1 is 1.11 bits per heavy atom. The zero-order valence-corrected chi connectivity index (χ0v) is 15.5. The number of fused-ring (bicyclic) bond motifs is 1. The summed E-state index contributed by atoms with van der Waals surface area (Å²) in [7, 11) is -3.65. The third-order valence-corrected chi connectivity index (χ3v) is 6.48. The first kappa shape index (κ1) is 18.3. The van der Waals surface area contributed by atoms with E-state index >= 15 is 0 Å². The molecule has 9 heteroatoms. The van der Waals surface area contributed by atoms with Gasteiger partial charge in [0.15, 0.2) is 5.82 Å². The van der Waals surface area contributed by atoms with Gasteiger partial charge < -0.3 is 5.32 Å². The molecule has 0 spiro atoms. The van der Waals surface area contributed by atoms with E-state index < -0.39 is 21.7 Å². The molecule has 1 aliphatic rings. The molecule has 144 valence electrons. The van der Waals surface area contributed by atoms with Crippen molar-refractivity contribution in [3.05, 3.63) is 77.2 Å². The zero-order valence-electron chi connectivity index (χ0n) is 14.7. The molecule has 0 aliphatic carbocycles. The van der Waals surface area contributed by atoms with Gasteiger partial charge in [0.2, 0.25) is 10.0 Å². The van der Waals surface area contributed by atoms with Crippen molar-refractivity contribution in [1.29, 1.82) is 0 Å². The molecule has 2 aromatic carbocycles. The molecule has 28 heavy (non-hydrogen) atoms. The second kappa shape index (κ2) is 7.17. The average Bonchev–Trinajstić information content (AvgIpc) is 3.11. The number of sulfonamides is 1. The van der Waals surface area contributed by atoms with Crippen molar-refractivity contribution in [3.8, 4) is 0 Å². The van der Waals surface area contributed by atoms with E-state index in [4.69, 9.17) is 0 Å². The molecule has 0 atom stereocenters. The van der Waals surface area contributed by atoms with Crippen LogP contribution in [0.1, 0.15) is 21.6 Å². The highest BCUT2D eigenvalue weighted by Crippen LogP contribution is 2.28. The van der Waals surface area contributed by atoms with Gasteiger partial charge in [0, 0.05) is 36.3 Å². The Bertz CT molecular complexity index is 1110. The molecule has 1 aliphatic heterocycles. The van der Waals surface area contributed by atoms with Gasteiger partial charge in [-0.3, -0.25) is 9.89 Å². The van der Waals surface area contributed by atoms with Crippen LogP contribution in [0.5, 0.6) is 0 Å². The van der Waals surface area contributed by atoms with Crippen molar-refractivity contribution < 1.29 is 17.6 Å². The van der Waals surface area contributed by atoms with E-state index in [1.807, 2.05) is 0 Å². The van der Waals surface area contributed by atoms with E-state index in [-0.39, 0.29) is 22.8 Å². The summed E-state index contributed by atoms with van der Waals surface area (Å²) < 4.78 is 40.2. The number of nitrogens with zero attached hydrogens (tertiary/aromatic N) is 2. The summed E-state index contributed by atoms with van der Waals surface area (Å²) in [5, 5.41) is 9.65. The van der Waals surface area contributed by atoms with Gasteiger partial charge in [0.25, 0.3) is 5.91 Å². The number of halogens is 1. The topological polar surface area (TPSA) is 95.2 Å². The lowest BCUT2D eigenvalue weighted by Crippen LogP contribution is -2.36. The highest BCUT2D eigenvalue weighted by Gasteiger charge is 2.31. The molecule has 0 unspecified atom stereocenters. The van der Waals surface area contributed by atoms with E-state index in [1.54, 1.807) is 30.3 Å². The highest BCUT2D eigenvalue weighted by molar-refractivity contribution is 7.89. The number of carbonyl (C=O) groups is 1. The van der Waals surface area contributed by atoms with Crippen molar-refractivity contribution in [3.63, 3.8) is 0 Å². The number of amides is 1. The first-order valence-corrected chi connectivity index (χ1v) is 10.1. The van der Waals surface area contributed by atoms with Crippen LogP contribution in [0.2, 0.25) is 0 Å². The number of hydrogen-bond donors (Lipinski definition) is 2. The molecule has 4 rings (SSSR count). The third kappa shape index (κ3) is 3.41. The molecule has 1 aromatic heterocycles. The quantitative estimate of drug-likeness (QED) is 0.704. The van der Waals surface area contributed by atoms with Gasteiger partial charge in [-0.05, 0) is 36.4 Å². The molecule has 0 saturated carbocycles. The maximum Gasteiger partial charge on any atom is 0.256 e. The van der Waals surface area contributed by atoms with Crippen molar-refractivity contribution in [2.45, 2.75) is 17.9 Å². The Balaban J connectivity index is 1.57. The van der Waals surface area contributed by atoms with E-state index in [0.29, 0.717) is 18.5 Å². The Labute approximate surface area is 161 Å². The minimum atomic E-state index is -3.65. The number of rotatable bonds is 4. The Kier molecular flexibility index (Phi) is 4.70. The first-order chi connectivity index (χ1) is 13.4. The molecule has 1 amide bonds. The molecular formula is C19H17FN4O3S. The van der Waals surface area contributed by atoms with E-state index in [1.165, 1.54) is 28.6 Å². The fraction of sp³-hybridized carbons (Fsp3) is 0.158. The number of benzene rings is 2. The predicted molar refractivity (Wildman–Crippen MR) is 101 cm³/mol. The van der Waals surface area contributed by atoms with E-state index in [2.05, 4.69) is 15.5 Å². The molecule has 0 fully saturated rings. The number of hydrogen-bond acceptors (Lipinski definition) is 4. The van der Waals surface area contributed by atoms with Gasteiger partial charge in [0.1, 0.15) is 5.82 Å². The fourth-order valence-electron chi connectivity index (χ4n) is 3.10. The summed E-state index contributed by atoms with van der Waals surface area (Å²) in [5.41, 5.74) is 1.69. The molecule has 2 heterocycles. The molecule has 2 N–H and O–H groups in total. The van der Waals surface area contributed by atoms with Crippen LogP contribution < -0.4 is 5.32 Å². The molecule has 0 bridgehead atoms. The number of aromatic nitrogens is 2. The van der Waals surface area contributed by atoms with Gasteiger partial charge >= 0.3 is 0 Å². The number of anilines is 1. The summed E-state index contributed by atoms with van der Waals surface area (Å²) in [4.78, 5) is 12.6. The highest BCUT2D eigenvalue weighted by atomic mass is 32.2. The normalized spacial score (nSPS) is 14.5. The zero-order chi connectivity index (χ0) is 19.7. The Hall–Kier alpha value is -3.04. The summed E-state index contributed by atoms with van der Waals surface area (Å²) in [5.74, 6) is -0.606. The lowest BCUT2D eigenvalue weighted by atomic mass is 10.1. The third-order valence-electron chi connectivity index (χ3n) is 4.62. The van der Waals surface area contributed by atoms with Crippen LogP contribution >= 0.6 is 0 Å². The van der Waals surface area contributed by atoms with Crippen LogP contribution in [0.3, 0.4) is 0 Å². The number of H-pyrrole nitrogens is 1. The maximum atomic E-state index is 13.0. The Morgan fingerprint density at radius 2 is 1.82 bits per heavy atom. The second-order valence-corrected chi connectivity index (χ2v) is 8.33. The monoisotopic (exact) mass is 400 g/mol. The molecule has 7 nitrogen and oxygen atoms in total. The molecule has 0 saturated heterocycles. The van der Waals surface area contributed by atoms with Gasteiger partial charge in [0.05, 0.1) is 4.90 Å². The number of nitrogens with one attached hydrogen (secondary N) is 2. The lowest BCUT2D eigenvalue weighted by molar-refractivity contribution is 0.102. The van der Waals surface area contributed by atoms with Gasteiger partial charge in [-0.1, -0.05) is 18.2 Å². The van der Waals surface area contributed by atoms with Gasteiger partial charge in [-0.25, -0.2) is 12.8 Å². The molecular weight excluding hydrogens is 383 g/mol. The van der Waals surface area contributed by atoms with Crippen LogP contribution in [0.15, 0.2) is 59.5 Å². The average molecular weight is 400 g/mol. The Morgan fingerprint density at radius 3 is 2.54 bits per heavy atom. The minimum Gasteiger partial charge on any atom is -0.305 e. The first-order valence-electron chi connectivity index (χ1n) is 8.63. The lowest BCUT2D eigenvalue weighted by Gasteiger charge is -2.26. The van der Waals surface area contributed by atoms with Crippen molar-refractivity contribution in [1.82, 2.24) is 14.5 Å². The smallest absolute Gasteiger partial charge is 0.256 e. The number of carbonyl (C=O) groups excluding carboxylic acids is 1. The molecule has 0 radical (unpaired) electrons. The van der Waals surface area contributed by atoms with E-state index in [0.717, 1.165) is 5.69 Å². The summed E-state index contributed by atoms with van der Waals surface area (Å²) in [6.07, 6.45) is 0.459. The van der Waals surface area contributed by atoms with Crippen molar-refractivity contribution in [2.24, 2.45) is 0 Å². The van der Waals surface area contributed by atoms with Gasteiger partial charge in [-0.15, -0.1) is 0 Å². The largest absolute Gasteiger partial charge is 0.305 e.